The highest BCUT2D eigenvalue weighted by atomic mass is 32.1. The molecule has 2 aromatic heterocycles. The Balaban J connectivity index is 1.40. The molecule has 2 aliphatic heterocycles. The Labute approximate surface area is 189 Å². The highest BCUT2D eigenvalue weighted by Crippen LogP contribution is 2.39. The SMILES string of the molecule is O=C(Nc1ccc2c(c1)OCCO2)N1Cc2ccccc2-n2cccc2[C@H]1c1cccs1. The molecule has 6 rings (SSSR count). The number of ether oxygens (including phenoxy) is 2. The minimum absolute atomic E-state index is 0.162. The van der Waals surface area contributed by atoms with E-state index in [0.717, 1.165) is 21.8 Å². The Kier molecular flexibility index (Phi) is 4.61. The molecule has 160 valence electrons. The van der Waals surface area contributed by atoms with Crippen LogP contribution in [0.5, 0.6) is 11.5 Å². The molecule has 2 aromatic carbocycles. The van der Waals surface area contributed by atoms with Crippen LogP contribution in [0.3, 0.4) is 0 Å². The predicted molar refractivity (Wildman–Crippen MR) is 124 cm³/mol. The van der Waals surface area contributed by atoms with Crippen LogP contribution >= 0.6 is 11.3 Å². The van der Waals surface area contributed by atoms with Gasteiger partial charge in [0.1, 0.15) is 19.3 Å². The summed E-state index contributed by atoms with van der Waals surface area (Å²) in [6.07, 6.45) is 2.07. The van der Waals surface area contributed by atoms with Crippen molar-refractivity contribution in [3.05, 3.63) is 94.4 Å². The molecule has 0 bridgehead atoms. The molecule has 32 heavy (non-hydrogen) atoms. The number of thiophene rings is 1. The molecule has 1 atom stereocenters. The number of aromatic nitrogens is 1. The number of para-hydroxylation sites is 1. The first-order valence-corrected chi connectivity index (χ1v) is 11.4. The van der Waals surface area contributed by atoms with Gasteiger partial charge in [0.15, 0.2) is 11.5 Å². The van der Waals surface area contributed by atoms with Crippen LogP contribution in [0.15, 0.2) is 78.3 Å². The van der Waals surface area contributed by atoms with Gasteiger partial charge >= 0.3 is 6.03 Å². The van der Waals surface area contributed by atoms with E-state index in [2.05, 4.69) is 45.7 Å². The number of hydrogen-bond acceptors (Lipinski definition) is 4. The molecule has 0 aliphatic carbocycles. The zero-order chi connectivity index (χ0) is 21.5. The maximum atomic E-state index is 13.7. The number of nitrogens with one attached hydrogen (secondary N) is 1. The summed E-state index contributed by atoms with van der Waals surface area (Å²) in [5, 5.41) is 5.14. The van der Waals surface area contributed by atoms with Crippen molar-refractivity contribution >= 4 is 23.1 Å². The molecule has 0 saturated heterocycles. The maximum absolute atomic E-state index is 13.7. The minimum Gasteiger partial charge on any atom is -0.486 e. The number of carbonyl (C=O) groups is 1. The van der Waals surface area contributed by atoms with Gasteiger partial charge in [0, 0.05) is 22.8 Å². The molecule has 4 aromatic rings. The summed E-state index contributed by atoms with van der Waals surface area (Å²) < 4.78 is 13.5. The Morgan fingerprint density at radius 3 is 2.72 bits per heavy atom. The minimum atomic E-state index is -0.199. The largest absolute Gasteiger partial charge is 0.486 e. The molecular weight excluding hydrogens is 422 g/mol. The normalized spacial score (nSPS) is 16.6. The van der Waals surface area contributed by atoms with E-state index in [0.29, 0.717) is 36.9 Å². The van der Waals surface area contributed by atoms with Crippen LogP contribution in [0.2, 0.25) is 0 Å². The van der Waals surface area contributed by atoms with E-state index >= 15 is 0 Å². The number of carbonyl (C=O) groups excluding carboxylic acids is 1. The lowest BCUT2D eigenvalue weighted by atomic mass is 10.1. The topological polar surface area (TPSA) is 55.7 Å². The van der Waals surface area contributed by atoms with Crippen molar-refractivity contribution < 1.29 is 14.3 Å². The van der Waals surface area contributed by atoms with Gasteiger partial charge in [0.2, 0.25) is 0 Å². The van der Waals surface area contributed by atoms with Crippen LogP contribution in [0, 0.1) is 0 Å². The zero-order valence-electron chi connectivity index (χ0n) is 17.2. The second kappa shape index (κ2) is 7.76. The zero-order valence-corrected chi connectivity index (χ0v) is 18.0. The lowest BCUT2D eigenvalue weighted by molar-refractivity contribution is 0.171. The monoisotopic (exact) mass is 443 g/mol. The number of urea groups is 1. The molecule has 0 radical (unpaired) electrons. The molecule has 6 nitrogen and oxygen atoms in total. The highest BCUT2D eigenvalue weighted by molar-refractivity contribution is 7.10. The summed E-state index contributed by atoms with van der Waals surface area (Å²) in [6, 6.07) is 21.6. The van der Waals surface area contributed by atoms with Crippen molar-refractivity contribution in [2.45, 2.75) is 12.6 Å². The van der Waals surface area contributed by atoms with Crippen molar-refractivity contribution in [2.75, 3.05) is 18.5 Å². The first kappa shape index (κ1) is 19.0. The van der Waals surface area contributed by atoms with Crippen molar-refractivity contribution in [3.63, 3.8) is 0 Å². The van der Waals surface area contributed by atoms with Crippen LogP contribution in [0.25, 0.3) is 5.69 Å². The number of amides is 2. The lowest BCUT2D eigenvalue weighted by Crippen LogP contribution is -2.37. The average molecular weight is 444 g/mol. The third-order valence-corrected chi connectivity index (χ3v) is 6.76. The first-order valence-electron chi connectivity index (χ1n) is 10.5. The van der Waals surface area contributed by atoms with E-state index in [9.17, 15) is 4.79 Å². The van der Waals surface area contributed by atoms with E-state index in [4.69, 9.17) is 9.47 Å². The van der Waals surface area contributed by atoms with Crippen molar-refractivity contribution in [1.29, 1.82) is 0 Å². The second-order valence-corrected chi connectivity index (χ2v) is 8.75. The van der Waals surface area contributed by atoms with Crippen molar-refractivity contribution in [1.82, 2.24) is 9.47 Å². The Bertz CT molecular complexity index is 1280. The van der Waals surface area contributed by atoms with Gasteiger partial charge in [0.05, 0.1) is 17.9 Å². The first-order chi connectivity index (χ1) is 15.8. The van der Waals surface area contributed by atoms with Gasteiger partial charge in [-0.05, 0) is 47.3 Å². The summed E-state index contributed by atoms with van der Waals surface area (Å²) in [4.78, 5) is 16.7. The van der Waals surface area contributed by atoms with E-state index in [-0.39, 0.29) is 12.1 Å². The third kappa shape index (κ3) is 3.22. The van der Waals surface area contributed by atoms with Gasteiger partial charge < -0.3 is 24.3 Å². The summed E-state index contributed by atoms with van der Waals surface area (Å²) >= 11 is 1.66. The summed E-state index contributed by atoms with van der Waals surface area (Å²) in [5.74, 6) is 1.35. The average Bonchev–Trinajstić information content (AvgIpc) is 3.50. The number of hydrogen-bond donors (Lipinski definition) is 1. The molecule has 2 amide bonds. The number of nitrogens with zero attached hydrogens (tertiary/aromatic N) is 2. The van der Waals surface area contributed by atoms with Gasteiger partial charge in [0.25, 0.3) is 0 Å². The fourth-order valence-corrected chi connectivity index (χ4v) is 5.25. The van der Waals surface area contributed by atoms with Gasteiger partial charge in [-0.15, -0.1) is 11.3 Å². The Hall–Kier alpha value is -3.71. The maximum Gasteiger partial charge on any atom is 0.323 e. The van der Waals surface area contributed by atoms with Crippen LogP contribution < -0.4 is 14.8 Å². The van der Waals surface area contributed by atoms with Gasteiger partial charge in [-0.3, -0.25) is 0 Å². The van der Waals surface area contributed by atoms with Crippen LogP contribution in [-0.2, 0) is 6.54 Å². The molecule has 0 saturated carbocycles. The fraction of sp³-hybridized carbons (Fsp3) is 0.160. The summed E-state index contributed by atoms with van der Waals surface area (Å²) in [5.41, 5.74) is 3.94. The molecule has 0 fully saturated rings. The van der Waals surface area contributed by atoms with Crippen molar-refractivity contribution in [2.24, 2.45) is 0 Å². The van der Waals surface area contributed by atoms with Gasteiger partial charge in [-0.1, -0.05) is 24.3 Å². The summed E-state index contributed by atoms with van der Waals surface area (Å²) in [7, 11) is 0. The number of anilines is 1. The molecular formula is C25H21N3O3S. The number of fused-ring (bicyclic) bond motifs is 4. The third-order valence-electron chi connectivity index (χ3n) is 5.83. The Morgan fingerprint density at radius 1 is 0.969 bits per heavy atom. The van der Waals surface area contributed by atoms with Crippen LogP contribution in [0.1, 0.15) is 22.2 Å². The molecule has 7 heteroatoms. The molecule has 2 aliphatic rings. The number of rotatable bonds is 2. The van der Waals surface area contributed by atoms with Crippen LogP contribution in [-0.4, -0.2) is 28.7 Å². The molecule has 0 spiro atoms. The second-order valence-electron chi connectivity index (χ2n) is 7.77. The van der Waals surface area contributed by atoms with Crippen molar-refractivity contribution in [3.8, 4) is 17.2 Å². The predicted octanol–water partition coefficient (Wildman–Crippen LogP) is 5.45. The van der Waals surface area contributed by atoms with Gasteiger partial charge in [-0.25, -0.2) is 4.79 Å². The fourth-order valence-electron chi connectivity index (χ4n) is 4.40. The van der Waals surface area contributed by atoms with Crippen LogP contribution in [0.4, 0.5) is 10.5 Å². The Morgan fingerprint density at radius 2 is 1.84 bits per heavy atom. The molecule has 1 N–H and O–H groups in total. The quantitative estimate of drug-likeness (QED) is 0.448. The van der Waals surface area contributed by atoms with E-state index in [1.165, 1.54) is 0 Å². The molecule has 0 unspecified atom stereocenters. The highest BCUT2D eigenvalue weighted by Gasteiger charge is 2.33. The number of benzene rings is 2. The molecule has 4 heterocycles. The summed E-state index contributed by atoms with van der Waals surface area (Å²) in [6.45, 7) is 1.54. The smallest absolute Gasteiger partial charge is 0.323 e. The lowest BCUT2D eigenvalue weighted by Gasteiger charge is -2.30. The van der Waals surface area contributed by atoms with Gasteiger partial charge in [-0.2, -0.15) is 0 Å². The van der Waals surface area contributed by atoms with E-state index in [1.54, 1.807) is 11.3 Å². The standard InChI is InChI=1S/C25H21N3O3S/c29-25(26-18-9-10-21-22(15-18)31-13-12-30-21)28-16-17-5-1-2-6-19(17)27-11-3-7-20(27)24(28)23-8-4-14-32-23/h1-11,14-15,24H,12-13,16H2,(H,26,29)/t24-/m0/s1. The van der Waals surface area contributed by atoms with E-state index in [1.807, 2.05) is 47.4 Å². The van der Waals surface area contributed by atoms with E-state index < -0.39 is 0 Å².